The molecule has 6 heteroatoms. The summed E-state index contributed by atoms with van der Waals surface area (Å²) in [5.74, 6) is 2.44. The molecule has 0 unspecified atom stereocenters. The Morgan fingerprint density at radius 3 is 2.70 bits per heavy atom. The van der Waals surface area contributed by atoms with E-state index in [9.17, 15) is 0 Å². The molecule has 0 aliphatic heterocycles. The number of anilines is 2. The van der Waals surface area contributed by atoms with Crippen LogP contribution < -0.4 is 10.6 Å². The van der Waals surface area contributed by atoms with Crippen molar-refractivity contribution in [2.75, 3.05) is 44.0 Å². The Kier molecular flexibility index (Phi) is 7.25. The summed E-state index contributed by atoms with van der Waals surface area (Å²) in [5.41, 5.74) is 5.86. The van der Waals surface area contributed by atoms with E-state index in [1.54, 1.807) is 13.2 Å². The Hall–Kier alpha value is -1.40. The van der Waals surface area contributed by atoms with Crippen LogP contribution in [0.25, 0.3) is 0 Å². The fourth-order valence-electron chi connectivity index (χ4n) is 1.86. The number of rotatable bonds is 9. The molecule has 0 saturated carbocycles. The van der Waals surface area contributed by atoms with Crippen LogP contribution in [0.1, 0.15) is 26.6 Å². The van der Waals surface area contributed by atoms with Crippen molar-refractivity contribution in [3.63, 3.8) is 0 Å². The lowest BCUT2D eigenvalue weighted by atomic mass is 10.2. The summed E-state index contributed by atoms with van der Waals surface area (Å²) >= 11 is 0. The maximum Gasteiger partial charge on any atom is 0.158 e. The minimum absolute atomic E-state index is 0.383. The Morgan fingerprint density at radius 1 is 1.35 bits per heavy atom. The fourth-order valence-corrected chi connectivity index (χ4v) is 1.86. The van der Waals surface area contributed by atoms with Gasteiger partial charge in [-0.2, -0.15) is 0 Å². The molecule has 0 saturated heterocycles. The first-order valence-corrected chi connectivity index (χ1v) is 7.01. The molecule has 6 nitrogen and oxygen atoms in total. The molecule has 20 heavy (non-hydrogen) atoms. The quantitative estimate of drug-likeness (QED) is 0.743. The lowest BCUT2D eigenvalue weighted by molar-refractivity contribution is 0.128. The zero-order valence-electron chi connectivity index (χ0n) is 12.9. The molecule has 1 rings (SSSR count). The molecule has 2 N–H and O–H groups in total. The summed E-state index contributed by atoms with van der Waals surface area (Å²) in [6.07, 6.45) is 0. The molecule has 1 aromatic heterocycles. The summed E-state index contributed by atoms with van der Waals surface area (Å²) in [6.45, 7) is 9.62. The van der Waals surface area contributed by atoms with Crippen LogP contribution in [0.3, 0.4) is 0 Å². The van der Waals surface area contributed by atoms with E-state index in [0.717, 1.165) is 18.9 Å². The van der Waals surface area contributed by atoms with Gasteiger partial charge < -0.3 is 20.1 Å². The smallest absolute Gasteiger partial charge is 0.158 e. The van der Waals surface area contributed by atoms with Crippen LogP contribution in [-0.2, 0) is 16.1 Å². The highest BCUT2D eigenvalue weighted by Crippen LogP contribution is 2.16. The first-order valence-electron chi connectivity index (χ1n) is 7.01. The second-order valence-corrected chi connectivity index (χ2v) is 5.04. The standard InChI is InChI=1S/C14H26N4O2/c1-5-20-10-13-16-12(15)8-14(17-13)18(6-7-19-4)9-11(2)3/h8,11H,5-7,9-10H2,1-4H3,(H2,15,16,17). The number of nitrogen functional groups attached to an aromatic ring is 1. The number of hydrogen-bond acceptors (Lipinski definition) is 6. The van der Waals surface area contributed by atoms with Crippen LogP contribution in [0.5, 0.6) is 0 Å². The van der Waals surface area contributed by atoms with E-state index < -0.39 is 0 Å². The lowest BCUT2D eigenvalue weighted by Gasteiger charge is -2.25. The minimum Gasteiger partial charge on any atom is -0.384 e. The van der Waals surface area contributed by atoms with Crippen molar-refractivity contribution in [1.82, 2.24) is 9.97 Å². The fraction of sp³-hybridized carbons (Fsp3) is 0.714. The SMILES string of the molecule is CCOCc1nc(N)cc(N(CCOC)CC(C)C)n1. The number of nitrogens with two attached hydrogens (primary N) is 1. The highest BCUT2D eigenvalue weighted by Gasteiger charge is 2.12. The summed E-state index contributed by atoms with van der Waals surface area (Å²) < 4.78 is 10.5. The van der Waals surface area contributed by atoms with E-state index in [-0.39, 0.29) is 0 Å². The Bertz CT molecular complexity index is 399. The highest BCUT2D eigenvalue weighted by atomic mass is 16.5. The number of ether oxygens (including phenoxy) is 2. The van der Waals surface area contributed by atoms with Gasteiger partial charge in [0.05, 0.1) is 6.61 Å². The molecule has 0 bridgehead atoms. The predicted molar refractivity (Wildman–Crippen MR) is 80.7 cm³/mol. The molecule has 0 spiro atoms. The summed E-state index contributed by atoms with van der Waals surface area (Å²) in [6, 6.07) is 1.80. The zero-order chi connectivity index (χ0) is 15.0. The van der Waals surface area contributed by atoms with E-state index in [4.69, 9.17) is 15.2 Å². The Labute approximate surface area is 121 Å². The number of hydrogen-bond donors (Lipinski definition) is 1. The van der Waals surface area contributed by atoms with Gasteiger partial charge in [-0.05, 0) is 12.8 Å². The Balaban J connectivity index is 2.89. The van der Waals surface area contributed by atoms with Gasteiger partial charge in [0, 0.05) is 32.9 Å². The largest absolute Gasteiger partial charge is 0.384 e. The van der Waals surface area contributed by atoms with Gasteiger partial charge in [-0.25, -0.2) is 9.97 Å². The maximum atomic E-state index is 5.86. The predicted octanol–water partition coefficient (Wildman–Crippen LogP) is 1.70. The molecule has 1 aromatic rings. The van der Waals surface area contributed by atoms with Crippen molar-refractivity contribution < 1.29 is 9.47 Å². The third kappa shape index (κ3) is 5.71. The van der Waals surface area contributed by atoms with Gasteiger partial charge >= 0.3 is 0 Å². The van der Waals surface area contributed by atoms with E-state index in [0.29, 0.717) is 37.4 Å². The average Bonchev–Trinajstić information content (AvgIpc) is 2.40. The van der Waals surface area contributed by atoms with Crippen molar-refractivity contribution in [1.29, 1.82) is 0 Å². The molecule has 0 radical (unpaired) electrons. The highest BCUT2D eigenvalue weighted by molar-refractivity contribution is 5.47. The second kappa shape index (κ2) is 8.71. The van der Waals surface area contributed by atoms with E-state index >= 15 is 0 Å². The lowest BCUT2D eigenvalue weighted by Crippen LogP contribution is -2.32. The average molecular weight is 282 g/mol. The molecular formula is C14H26N4O2. The molecule has 0 atom stereocenters. The third-order valence-corrected chi connectivity index (χ3v) is 2.69. The van der Waals surface area contributed by atoms with Gasteiger partial charge in [0.2, 0.25) is 0 Å². The van der Waals surface area contributed by atoms with Gasteiger partial charge in [0.25, 0.3) is 0 Å². The van der Waals surface area contributed by atoms with E-state index in [2.05, 4.69) is 28.7 Å². The monoisotopic (exact) mass is 282 g/mol. The van der Waals surface area contributed by atoms with Crippen molar-refractivity contribution in [2.45, 2.75) is 27.4 Å². The first kappa shape index (κ1) is 16.7. The van der Waals surface area contributed by atoms with Gasteiger partial charge in [0.15, 0.2) is 5.82 Å². The number of nitrogens with zero attached hydrogens (tertiary/aromatic N) is 3. The molecule has 0 aromatic carbocycles. The molecule has 0 aliphatic carbocycles. The number of methoxy groups -OCH3 is 1. The van der Waals surface area contributed by atoms with E-state index in [1.807, 2.05) is 6.92 Å². The van der Waals surface area contributed by atoms with Gasteiger partial charge in [-0.3, -0.25) is 0 Å². The second-order valence-electron chi connectivity index (χ2n) is 5.04. The van der Waals surface area contributed by atoms with Crippen molar-refractivity contribution in [2.24, 2.45) is 5.92 Å². The Morgan fingerprint density at radius 2 is 2.10 bits per heavy atom. The molecule has 0 fully saturated rings. The summed E-state index contributed by atoms with van der Waals surface area (Å²) in [5, 5.41) is 0. The van der Waals surface area contributed by atoms with Crippen LogP contribution in [-0.4, -0.2) is 43.4 Å². The van der Waals surface area contributed by atoms with Gasteiger partial charge in [-0.1, -0.05) is 13.8 Å². The molecule has 114 valence electrons. The number of aromatic nitrogens is 2. The third-order valence-electron chi connectivity index (χ3n) is 2.69. The van der Waals surface area contributed by atoms with Crippen LogP contribution in [0, 0.1) is 5.92 Å². The van der Waals surface area contributed by atoms with Crippen LogP contribution in [0.4, 0.5) is 11.6 Å². The topological polar surface area (TPSA) is 73.5 Å². The molecule has 1 heterocycles. The maximum absolute atomic E-state index is 5.86. The summed E-state index contributed by atoms with van der Waals surface area (Å²) in [7, 11) is 1.70. The molecular weight excluding hydrogens is 256 g/mol. The van der Waals surface area contributed by atoms with Crippen LogP contribution >= 0.6 is 0 Å². The van der Waals surface area contributed by atoms with Crippen LogP contribution in [0.2, 0.25) is 0 Å². The van der Waals surface area contributed by atoms with Crippen molar-refractivity contribution in [3.8, 4) is 0 Å². The minimum atomic E-state index is 0.383. The van der Waals surface area contributed by atoms with Gasteiger partial charge in [-0.15, -0.1) is 0 Å². The first-order chi connectivity index (χ1) is 9.56. The van der Waals surface area contributed by atoms with Crippen molar-refractivity contribution in [3.05, 3.63) is 11.9 Å². The summed E-state index contributed by atoms with van der Waals surface area (Å²) in [4.78, 5) is 10.9. The van der Waals surface area contributed by atoms with Crippen LogP contribution in [0.15, 0.2) is 6.07 Å². The molecule has 0 aliphatic rings. The van der Waals surface area contributed by atoms with Gasteiger partial charge in [0.1, 0.15) is 18.2 Å². The van der Waals surface area contributed by atoms with Crippen molar-refractivity contribution >= 4 is 11.6 Å². The normalized spacial score (nSPS) is 11.1. The zero-order valence-corrected chi connectivity index (χ0v) is 12.9. The van der Waals surface area contributed by atoms with E-state index in [1.165, 1.54) is 0 Å². The molecule has 0 amide bonds.